The zero-order valence-electron chi connectivity index (χ0n) is 11.0. The van der Waals surface area contributed by atoms with Gasteiger partial charge in [0.15, 0.2) is 0 Å². The maximum Gasteiger partial charge on any atom is 0.253 e. The second-order valence-corrected chi connectivity index (χ2v) is 5.58. The van der Waals surface area contributed by atoms with Gasteiger partial charge in [-0.15, -0.1) is 0 Å². The van der Waals surface area contributed by atoms with Gasteiger partial charge in [0, 0.05) is 29.4 Å². The molecule has 1 saturated heterocycles. The summed E-state index contributed by atoms with van der Waals surface area (Å²) in [6, 6.07) is 4.91. The van der Waals surface area contributed by atoms with Gasteiger partial charge in [0.2, 0.25) is 0 Å². The number of anilines is 1. The molecule has 0 bridgehead atoms. The SMILES string of the molecule is CC(O)C1CCN(C(=O)c2cc(N)cc(Cl)c2)CC1. The van der Waals surface area contributed by atoms with Crippen LogP contribution in [0.1, 0.15) is 30.1 Å². The van der Waals surface area contributed by atoms with Crippen molar-refractivity contribution < 1.29 is 9.90 Å². The van der Waals surface area contributed by atoms with E-state index in [2.05, 4.69) is 0 Å². The molecule has 1 aromatic rings. The van der Waals surface area contributed by atoms with E-state index in [-0.39, 0.29) is 17.9 Å². The summed E-state index contributed by atoms with van der Waals surface area (Å²) in [6.45, 7) is 3.14. The molecule has 1 heterocycles. The van der Waals surface area contributed by atoms with E-state index in [1.807, 2.05) is 0 Å². The molecule has 1 unspecified atom stereocenters. The van der Waals surface area contributed by atoms with Gasteiger partial charge >= 0.3 is 0 Å². The summed E-state index contributed by atoms with van der Waals surface area (Å²) in [5.41, 5.74) is 6.72. The third kappa shape index (κ3) is 3.39. The largest absolute Gasteiger partial charge is 0.399 e. The zero-order chi connectivity index (χ0) is 14.0. The Balaban J connectivity index is 2.05. The average Bonchev–Trinajstić information content (AvgIpc) is 2.37. The summed E-state index contributed by atoms with van der Waals surface area (Å²) < 4.78 is 0. The molecule has 104 valence electrons. The van der Waals surface area contributed by atoms with Crippen LogP contribution in [0, 0.1) is 5.92 Å². The van der Waals surface area contributed by atoms with E-state index in [9.17, 15) is 9.90 Å². The number of hydrogen-bond donors (Lipinski definition) is 2. The van der Waals surface area contributed by atoms with Crippen molar-refractivity contribution in [3.05, 3.63) is 28.8 Å². The number of aliphatic hydroxyl groups is 1. The van der Waals surface area contributed by atoms with Crippen molar-refractivity contribution in [2.45, 2.75) is 25.9 Å². The van der Waals surface area contributed by atoms with Crippen LogP contribution in [0.4, 0.5) is 5.69 Å². The smallest absolute Gasteiger partial charge is 0.253 e. The van der Waals surface area contributed by atoms with Crippen LogP contribution >= 0.6 is 11.6 Å². The number of nitrogen functional groups attached to an aromatic ring is 1. The van der Waals surface area contributed by atoms with Gasteiger partial charge in [-0.3, -0.25) is 4.79 Å². The Morgan fingerprint density at radius 2 is 2.05 bits per heavy atom. The Morgan fingerprint density at radius 3 is 2.58 bits per heavy atom. The van der Waals surface area contributed by atoms with Crippen molar-refractivity contribution in [1.82, 2.24) is 4.90 Å². The lowest BCUT2D eigenvalue weighted by molar-refractivity contribution is 0.0521. The van der Waals surface area contributed by atoms with Crippen molar-refractivity contribution >= 4 is 23.2 Å². The highest BCUT2D eigenvalue weighted by Gasteiger charge is 2.26. The number of nitrogens with two attached hydrogens (primary N) is 1. The number of nitrogens with zero attached hydrogens (tertiary/aromatic N) is 1. The minimum Gasteiger partial charge on any atom is -0.399 e. The lowest BCUT2D eigenvalue weighted by Gasteiger charge is -2.33. The summed E-state index contributed by atoms with van der Waals surface area (Å²) in [5, 5.41) is 10.0. The van der Waals surface area contributed by atoms with E-state index in [1.54, 1.807) is 30.0 Å². The number of rotatable bonds is 2. The van der Waals surface area contributed by atoms with Gasteiger partial charge in [-0.05, 0) is 43.9 Å². The Morgan fingerprint density at radius 1 is 1.42 bits per heavy atom. The highest BCUT2D eigenvalue weighted by molar-refractivity contribution is 6.31. The standard InChI is InChI=1S/C14H19ClN2O2/c1-9(18)10-2-4-17(5-3-10)14(19)11-6-12(15)8-13(16)7-11/h6-10,18H,2-5,16H2,1H3. The van der Waals surface area contributed by atoms with E-state index in [0.717, 1.165) is 12.8 Å². The highest BCUT2D eigenvalue weighted by Crippen LogP contribution is 2.23. The Bertz CT molecular complexity index is 448. The molecular formula is C14H19ClN2O2. The van der Waals surface area contributed by atoms with Crippen molar-refractivity contribution in [3.63, 3.8) is 0 Å². The molecule has 1 atom stereocenters. The van der Waals surface area contributed by atoms with Gasteiger partial charge in [0.05, 0.1) is 6.10 Å². The second kappa shape index (κ2) is 5.80. The van der Waals surface area contributed by atoms with E-state index in [0.29, 0.717) is 29.4 Å². The van der Waals surface area contributed by atoms with Gasteiger partial charge in [0.1, 0.15) is 0 Å². The van der Waals surface area contributed by atoms with Crippen LogP contribution in [-0.2, 0) is 0 Å². The number of piperidine rings is 1. The number of benzene rings is 1. The number of halogens is 1. The van der Waals surface area contributed by atoms with E-state index in [1.165, 1.54) is 0 Å². The first kappa shape index (κ1) is 14.2. The summed E-state index contributed by atoms with van der Waals surface area (Å²) in [6.07, 6.45) is 1.36. The third-order valence-corrected chi connectivity index (χ3v) is 3.89. The Hall–Kier alpha value is -1.26. The van der Waals surface area contributed by atoms with Crippen molar-refractivity contribution in [3.8, 4) is 0 Å². The molecule has 2 rings (SSSR count). The second-order valence-electron chi connectivity index (χ2n) is 5.14. The molecule has 1 aliphatic heterocycles. The van der Waals surface area contributed by atoms with E-state index in [4.69, 9.17) is 17.3 Å². The van der Waals surface area contributed by atoms with Crippen LogP contribution < -0.4 is 5.73 Å². The number of hydrogen-bond acceptors (Lipinski definition) is 3. The molecule has 5 heteroatoms. The van der Waals surface area contributed by atoms with Gasteiger partial charge in [0.25, 0.3) is 5.91 Å². The fourth-order valence-electron chi connectivity index (χ4n) is 2.50. The fraction of sp³-hybridized carbons (Fsp3) is 0.500. The van der Waals surface area contributed by atoms with Gasteiger partial charge < -0.3 is 15.7 Å². The maximum absolute atomic E-state index is 12.3. The average molecular weight is 283 g/mol. The van der Waals surface area contributed by atoms with Crippen molar-refractivity contribution in [1.29, 1.82) is 0 Å². The fourth-order valence-corrected chi connectivity index (χ4v) is 2.75. The van der Waals surface area contributed by atoms with Crippen LogP contribution in [0.5, 0.6) is 0 Å². The predicted octanol–water partition coefficient (Wildman–Crippen LogP) is 2.16. The molecule has 1 aliphatic rings. The molecule has 0 saturated carbocycles. The number of likely N-dealkylation sites (tertiary alicyclic amines) is 1. The topological polar surface area (TPSA) is 66.6 Å². The molecule has 1 fully saturated rings. The first-order valence-corrected chi connectivity index (χ1v) is 6.88. The number of amides is 1. The zero-order valence-corrected chi connectivity index (χ0v) is 11.7. The minimum atomic E-state index is -0.306. The monoisotopic (exact) mass is 282 g/mol. The van der Waals surface area contributed by atoms with Gasteiger partial charge in [-0.2, -0.15) is 0 Å². The Kier molecular flexibility index (Phi) is 4.32. The summed E-state index contributed by atoms with van der Waals surface area (Å²) in [7, 11) is 0. The first-order chi connectivity index (χ1) is 8.97. The molecule has 1 aromatic carbocycles. The summed E-state index contributed by atoms with van der Waals surface area (Å²) in [4.78, 5) is 14.1. The molecule has 0 radical (unpaired) electrons. The number of aliphatic hydroxyl groups excluding tert-OH is 1. The molecular weight excluding hydrogens is 264 g/mol. The van der Waals surface area contributed by atoms with E-state index >= 15 is 0 Å². The third-order valence-electron chi connectivity index (χ3n) is 3.68. The summed E-state index contributed by atoms with van der Waals surface area (Å²) >= 11 is 5.91. The lowest BCUT2D eigenvalue weighted by atomic mass is 9.92. The Labute approximate surface area is 118 Å². The molecule has 4 nitrogen and oxygen atoms in total. The number of carbonyl (C=O) groups is 1. The first-order valence-electron chi connectivity index (χ1n) is 6.51. The normalized spacial score (nSPS) is 18.4. The van der Waals surface area contributed by atoms with Gasteiger partial charge in [-0.25, -0.2) is 0 Å². The number of carbonyl (C=O) groups excluding carboxylic acids is 1. The van der Waals surface area contributed by atoms with Crippen LogP contribution in [0.2, 0.25) is 5.02 Å². The molecule has 0 aliphatic carbocycles. The van der Waals surface area contributed by atoms with Crippen LogP contribution in [-0.4, -0.2) is 35.1 Å². The molecule has 0 aromatic heterocycles. The van der Waals surface area contributed by atoms with Crippen LogP contribution in [0.3, 0.4) is 0 Å². The van der Waals surface area contributed by atoms with Crippen LogP contribution in [0.25, 0.3) is 0 Å². The lowest BCUT2D eigenvalue weighted by Crippen LogP contribution is -2.40. The van der Waals surface area contributed by atoms with Gasteiger partial charge in [-0.1, -0.05) is 11.6 Å². The molecule has 3 N–H and O–H groups in total. The summed E-state index contributed by atoms with van der Waals surface area (Å²) in [5.74, 6) is 0.242. The maximum atomic E-state index is 12.3. The molecule has 0 spiro atoms. The van der Waals surface area contributed by atoms with Crippen molar-refractivity contribution in [2.75, 3.05) is 18.8 Å². The van der Waals surface area contributed by atoms with E-state index < -0.39 is 0 Å². The molecule has 1 amide bonds. The highest BCUT2D eigenvalue weighted by atomic mass is 35.5. The molecule has 19 heavy (non-hydrogen) atoms. The van der Waals surface area contributed by atoms with Crippen LogP contribution in [0.15, 0.2) is 18.2 Å². The quantitative estimate of drug-likeness (QED) is 0.817. The predicted molar refractivity (Wildman–Crippen MR) is 76.2 cm³/mol. The van der Waals surface area contributed by atoms with Crippen molar-refractivity contribution in [2.24, 2.45) is 5.92 Å². The minimum absolute atomic E-state index is 0.0433.